The van der Waals surface area contributed by atoms with Gasteiger partial charge in [-0.2, -0.15) is 5.10 Å². The molecule has 2 fully saturated rings. The Balaban J connectivity index is 1.54. The highest BCUT2D eigenvalue weighted by Gasteiger charge is 2.34. The number of aromatic nitrogens is 2. The Labute approximate surface area is 161 Å². The number of aryl methyl sites for hydroxylation is 1. The molecule has 1 saturated heterocycles. The second-order valence-corrected chi connectivity index (χ2v) is 7.95. The Morgan fingerprint density at radius 3 is 2.63 bits per heavy atom. The van der Waals surface area contributed by atoms with Gasteiger partial charge in [-0.1, -0.05) is 31.0 Å². The molecule has 0 radical (unpaired) electrons. The molecule has 1 aliphatic carbocycles. The van der Waals surface area contributed by atoms with Gasteiger partial charge in [0.05, 0.1) is 11.4 Å². The Hall–Kier alpha value is -2.36. The van der Waals surface area contributed by atoms with Crippen molar-refractivity contribution >= 4 is 12.0 Å². The normalized spacial score (nSPS) is 22.8. The zero-order chi connectivity index (χ0) is 18.8. The first-order valence-corrected chi connectivity index (χ1v) is 10.3. The number of carbonyl (C=O) groups is 1. The van der Waals surface area contributed by atoms with Gasteiger partial charge in [0, 0.05) is 29.9 Å². The highest BCUT2D eigenvalue weighted by molar-refractivity contribution is 5.92. The molecule has 1 amide bonds. The van der Waals surface area contributed by atoms with Gasteiger partial charge in [0.2, 0.25) is 5.91 Å². The fourth-order valence-electron chi connectivity index (χ4n) is 4.87. The highest BCUT2D eigenvalue weighted by atomic mass is 16.2. The van der Waals surface area contributed by atoms with Crippen LogP contribution in [0, 0.1) is 19.8 Å². The van der Waals surface area contributed by atoms with E-state index < -0.39 is 0 Å². The summed E-state index contributed by atoms with van der Waals surface area (Å²) in [4.78, 5) is 15.1. The van der Waals surface area contributed by atoms with Gasteiger partial charge in [0.1, 0.15) is 0 Å². The van der Waals surface area contributed by atoms with Crippen LogP contribution in [-0.4, -0.2) is 33.2 Å². The number of carbonyl (C=O) groups excluding carboxylic acids is 1. The number of nitrogens with zero attached hydrogens (tertiary/aromatic N) is 3. The lowest BCUT2D eigenvalue weighted by molar-refractivity contribution is -0.132. The predicted molar refractivity (Wildman–Crippen MR) is 109 cm³/mol. The van der Waals surface area contributed by atoms with Crippen molar-refractivity contribution in [2.24, 2.45) is 5.92 Å². The van der Waals surface area contributed by atoms with Crippen molar-refractivity contribution < 1.29 is 4.79 Å². The molecule has 0 unspecified atom stereocenters. The molecule has 0 spiro atoms. The maximum absolute atomic E-state index is 12.9. The molecule has 1 aliphatic heterocycles. The molecular formula is C23H29N3O. The van der Waals surface area contributed by atoms with Crippen LogP contribution in [0.1, 0.15) is 55.5 Å². The third-order valence-electron chi connectivity index (χ3n) is 6.27. The lowest BCUT2D eigenvalue weighted by Crippen LogP contribution is -2.49. The SMILES string of the molecule is Cc1nn(-c2ccccc2)c(C)c1/C=C/C(=O)N1CCC[C@@H]2CCCC[C@@H]21. The van der Waals surface area contributed by atoms with Crippen LogP contribution in [0.5, 0.6) is 0 Å². The lowest BCUT2D eigenvalue weighted by atomic mass is 9.78. The molecular weight excluding hydrogens is 334 g/mol. The average molecular weight is 364 g/mol. The van der Waals surface area contributed by atoms with Gasteiger partial charge in [-0.3, -0.25) is 4.79 Å². The minimum absolute atomic E-state index is 0.165. The summed E-state index contributed by atoms with van der Waals surface area (Å²) in [5.41, 5.74) is 4.11. The van der Waals surface area contributed by atoms with E-state index in [1.165, 1.54) is 32.1 Å². The van der Waals surface area contributed by atoms with Crippen molar-refractivity contribution in [3.05, 3.63) is 53.4 Å². The van der Waals surface area contributed by atoms with Gasteiger partial charge in [0.25, 0.3) is 0 Å². The van der Waals surface area contributed by atoms with E-state index in [9.17, 15) is 4.79 Å². The zero-order valence-electron chi connectivity index (χ0n) is 16.4. The first kappa shape index (κ1) is 18.0. The van der Waals surface area contributed by atoms with Gasteiger partial charge < -0.3 is 4.90 Å². The van der Waals surface area contributed by atoms with Crippen LogP contribution in [0.15, 0.2) is 36.4 Å². The van der Waals surface area contributed by atoms with Crippen molar-refractivity contribution in [1.29, 1.82) is 0 Å². The minimum Gasteiger partial charge on any atom is -0.336 e. The first-order valence-electron chi connectivity index (χ1n) is 10.3. The molecule has 1 saturated carbocycles. The van der Waals surface area contributed by atoms with E-state index in [1.807, 2.05) is 35.9 Å². The van der Waals surface area contributed by atoms with Crippen molar-refractivity contribution in [1.82, 2.24) is 14.7 Å². The van der Waals surface area contributed by atoms with Gasteiger partial charge >= 0.3 is 0 Å². The van der Waals surface area contributed by atoms with Crippen LogP contribution < -0.4 is 0 Å². The average Bonchev–Trinajstić information content (AvgIpc) is 3.00. The number of amides is 1. The largest absolute Gasteiger partial charge is 0.336 e. The van der Waals surface area contributed by atoms with E-state index in [0.717, 1.165) is 35.6 Å². The monoisotopic (exact) mass is 363 g/mol. The smallest absolute Gasteiger partial charge is 0.246 e. The number of piperidine rings is 1. The third-order valence-corrected chi connectivity index (χ3v) is 6.27. The molecule has 1 aromatic carbocycles. The number of hydrogen-bond acceptors (Lipinski definition) is 2. The topological polar surface area (TPSA) is 38.1 Å². The Bertz CT molecular complexity index is 835. The van der Waals surface area contributed by atoms with Crippen LogP contribution in [0.3, 0.4) is 0 Å². The van der Waals surface area contributed by atoms with Crippen LogP contribution in [0.2, 0.25) is 0 Å². The molecule has 2 heterocycles. The molecule has 2 aliphatic rings. The lowest BCUT2D eigenvalue weighted by Gasteiger charge is -2.43. The number of benzene rings is 1. The molecule has 2 atom stereocenters. The number of hydrogen-bond donors (Lipinski definition) is 0. The van der Waals surface area contributed by atoms with Crippen LogP contribution in [0.25, 0.3) is 11.8 Å². The molecule has 27 heavy (non-hydrogen) atoms. The molecule has 142 valence electrons. The molecule has 2 aromatic rings. The summed E-state index contributed by atoms with van der Waals surface area (Å²) in [6.07, 6.45) is 11.2. The summed E-state index contributed by atoms with van der Waals surface area (Å²) < 4.78 is 1.96. The van der Waals surface area contributed by atoms with Gasteiger partial charge in [-0.25, -0.2) is 4.68 Å². The van der Waals surface area contributed by atoms with Gasteiger partial charge in [-0.15, -0.1) is 0 Å². The Kier molecular flexibility index (Phi) is 5.15. The molecule has 0 N–H and O–H groups in total. The van der Waals surface area contributed by atoms with E-state index in [4.69, 9.17) is 0 Å². The second kappa shape index (κ2) is 7.71. The fraction of sp³-hybridized carbons (Fsp3) is 0.478. The predicted octanol–water partition coefficient (Wildman–Crippen LogP) is 4.68. The summed E-state index contributed by atoms with van der Waals surface area (Å²) in [7, 11) is 0. The molecule has 4 nitrogen and oxygen atoms in total. The van der Waals surface area contributed by atoms with Gasteiger partial charge in [0.15, 0.2) is 0 Å². The highest BCUT2D eigenvalue weighted by Crippen LogP contribution is 2.35. The van der Waals surface area contributed by atoms with E-state index in [1.54, 1.807) is 6.08 Å². The number of rotatable bonds is 3. The summed E-state index contributed by atoms with van der Waals surface area (Å²) in [6, 6.07) is 10.6. The van der Waals surface area contributed by atoms with Crippen LogP contribution >= 0.6 is 0 Å². The fourth-order valence-corrected chi connectivity index (χ4v) is 4.87. The summed E-state index contributed by atoms with van der Waals surface area (Å²) >= 11 is 0. The Morgan fingerprint density at radius 1 is 1.07 bits per heavy atom. The maximum Gasteiger partial charge on any atom is 0.246 e. The van der Waals surface area contributed by atoms with E-state index >= 15 is 0 Å². The summed E-state index contributed by atoms with van der Waals surface area (Å²) in [5.74, 6) is 0.881. The van der Waals surface area contributed by atoms with E-state index in [0.29, 0.717) is 12.0 Å². The van der Waals surface area contributed by atoms with Crippen LogP contribution in [0.4, 0.5) is 0 Å². The molecule has 4 rings (SSSR count). The zero-order valence-corrected chi connectivity index (χ0v) is 16.4. The second-order valence-electron chi connectivity index (χ2n) is 7.95. The summed E-state index contributed by atoms with van der Waals surface area (Å²) in [5, 5.41) is 4.68. The minimum atomic E-state index is 0.165. The molecule has 1 aromatic heterocycles. The van der Waals surface area contributed by atoms with Gasteiger partial charge in [-0.05, 0) is 63.7 Å². The third kappa shape index (κ3) is 3.58. The maximum atomic E-state index is 12.9. The Morgan fingerprint density at radius 2 is 1.81 bits per heavy atom. The summed E-state index contributed by atoms with van der Waals surface area (Å²) in [6.45, 7) is 4.98. The van der Waals surface area contributed by atoms with Crippen molar-refractivity contribution in [2.45, 2.75) is 58.4 Å². The van der Waals surface area contributed by atoms with E-state index in [2.05, 4.69) is 29.1 Å². The van der Waals surface area contributed by atoms with Crippen LogP contribution in [-0.2, 0) is 4.79 Å². The standard InChI is InChI=1S/C23H29N3O/c1-17-21(18(2)26(24-17)20-11-4-3-5-12-20)14-15-23(27)25-16-8-10-19-9-6-7-13-22(19)25/h3-5,11-12,14-15,19,22H,6-10,13,16H2,1-2H3/b15-14+/t19-,22-/m0/s1. The van der Waals surface area contributed by atoms with Crippen molar-refractivity contribution in [3.8, 4) is 5.69 Å². The van der Waals surface area contributed by atoms with Crippen molar-refractivity contribution in [2.75, 3.05) is 6.54 Å². The first-order chi connectivity index (χ1) is 13.1. The number of likely N-dealkylation sites (tertiary alicyclic amines) is 1. The van der Waals surface area contributed by atoms with Crippen molar-refractivity contribution in [3.63, 3.8) is 0 Å². The number of para-hydroxylation sites is 1. The van der Waals surface area contributed by atoms with E-state index in [-0.39, 0.29) is 5.91 Å². The quantitative estimate of drug-likeness (QED) is 0.743. The number of fused-ring (bicyclic) bond motifs is 1. The molecule has 4 heteroatoms. The molecule has 0 bridgehead atoms.